The van der Waals surface area contributed by atoms with Gasteiger partial charge in [0.25, 0.3) is 0 Å². The summed E-state index contributed by atoms with van der Waals surface area (Å²) >= 11 is 0. The molecule has 0 spiro atoms. The van der Waals surface area contributed by atoms with Gasteiger partial charge in [0.05, 0.1) is 13.3 Å². The third-order valence-corrected chi connectivity index (χ3v) is 4.20. The highest BCUT2D eigenvalue weighted by molar-refractivity contribution is 5.55. The van der Waals surface area contributed by atoms with Crippen LogP contribution >= 0.6 is 0 Å². The van der Waals surface area contributed by atoms with Crippen LogP contribution in [0.25, 0.3) is 11.4 Å². The Labute approximate surface area is 151 Å². The first-order valence-corrected chi connectivity index (χ1v) is 8.52. The fourth-order valence-electron chi connectivity index (χ4n) is 2.84. The molecule has 4 rings (SSSR count). The molecule has 2 aromatic heterocycles. The molecule has 0 fully saturated rings. The lowest BCUT2D eigenvalue weighted by Crippen LogP contribution is -2.15. The van der Waals surface area contributed by atoms with Gasteiger partial charge in [-0.1, -0.05) is 6.07 Å². The number of hydrogen-bond acceptors (Lipinski definition) is 6. The van der Waals surface area contributed by atoms with Gasteiger partial charge >= 0.3 is 0 Å². The van der Waals surface area contributed by atoms with Crippen molar-refractivity contribution < 1.29 is 14.2 Å². The number of aryl methyl sites for hydroxylation is 2. The van der Waals surface area contributed by atoms with Gasteiger partial charge in [-0.15, -0.1) is 0 Å². The van der Waals surface area contributed by atoms with Crippen LogP contribution in [-0.4, -0.2) is 35.3 Å². The minimum atomic E-state index is 0.598. The predicted molar refractivity (Wildman–Crippen MR) is 96.7 cm³/mol. The van der Waals surface area contributed by atoms with E-state index in [1.807, 2.05) is 24.3 Å². The Morgan fingerprint density at radius 1 is 1.00 bits per heavy atom. The van der Waals surface area contributed by atoms with Gasteiger partial charge in [0.2, 0.25) is 0 Å². The number of ether oxygens (including phenoxy) is 3. The second-order valence-corrected chi connectivity index (χ2v) is 5.96. The number of benzene rings is 1. The number of fused-ring (bicyclic) bond motifs is 1. The summed E-state index contributed by atoms with van der Waals surface area (Å²) in [6.07, 6.45) is 6.86. The zero-order valence-electron chi connectivity index (χ0n) is 14.5. The summed E-state index contributed by atoms with van der Waals surface area (Å²) in [4.78, 5) is 13.2. The summed E-state index contributed by atoms with van der Waals surface area (Å²) in [6, 6.07) is 9.91. The normalized spacial score (nSPS) is 12.7. The summed E-state index contributed by atoms with van der Waals surface area (Å²) < 4.78 is 16.4. The fraction of sp³-hybridized carbons (Fsp3) is 0.250. The molecule has 1 aliphatic rings. The fourth-order valence-corrected chi connectivity index (χ4v) is 2.84. The molecule has 0 bridgehead atoms. The molecule has 1 aromatic carbocycles. The number of hydrogen-bond donors (Lipinski definition) is 0. The molecule has 6 heteroatoms. The third kappa shape index (κ3) is 3.59. The number of pyridine rings is 1. The average molecular weight is 349 g/mol. The highest BCUT2D eigenvalue weighted by atomic mass is 16.6. The molecule has 132 valence electrons. The molecule has 0 N–H and O–H groups in total. The van der Waals surface area contributed by atoms with E-state index in [0.29, 0.717) is 24.8 Å². The summed E-state index contributed by atoms with van der Waals surface area (Å²) in [5.74, 6) is 2.97. The lowest BCUT2D eigenvalue weighted by Gasteiger charge is -2.18. The molecule has 1 aliphatic heterocycles. The van der Waals surface area contributed by atoms with Crippen molar-refractivity contribution in [1.29, 1.82) is 0 Å². The quantitative estimate of drug-likeness (QED) is 0.705. The van der Waals surface area contributed by atoms with E-state index >= 15 is 0 Å². The van der Waals surface area contributed by atoms with Crippen molar-refractivity contribution in [3.05, 3.63) is 60.2 Å². The summed E-state index contributed by atoms with van der Waals surface area (Å²) in [7, 11) is 1.62. The van der Waals surface area contributed by atoms with Crippen molar-refractivity contribution in [3.8, 4) is 28.6 Å². The highest BCUT2D eigenvalue weighted by Gasteiger charge is 2.12. The van der Waals surface area contributed by atoms with Gasteiger partial charge in [-0.2, -0.15) is 0 Å². The Morgan fingerprint density at radius 2 is 1.88 bits per heavy atom. The van der Waals surface area contributed by atoms with Gasteiger partial charge in [-0.05, 0) is 42.7 Å². The van der Waals surface area contributed by atoms with E-state index < -0.39 is 0 Å². The van der Waals surface area contributed by atoms with Gasteiger partial charge in [0.15, 0.2) is 17.3 Å². The minimum absolute atomic E-state index is 0.598. The van der Waals surface area contributed by atoms with Crippen molar-refractivity contribution in [2.45, 2.75) is 12.8 Å². The molecule has 0 amide bonds. The lowest BCUT2D eigenvalue weighted by atomic mass is 10.1. The average Bonchev–Trinajstić information content (AvgIpc) is 2.72. The number of methoxy groups -OCH3 is 1. The topological polar surface area (TPSA) is 66.4 Å². The Hall–Kier alpha value is -3.15. The van der Waals surface area contributed by atoms with E-state index in [1.54, 1.807) is 25.7 Å². The van der Waals surface area contributed by atoms with Crippen LogP contribution in [0.3, 0.4) is 0 Å². The van der Waals surface area contributed by atoms with Crippen LogP contribution in [0, 0.1) is 0 Å². The van der Waals surface area contributed by atoms with Crippen molar-refractivity contribution in [1.82, 2.24) is 15.0 Å². The first kappa shape index (κ1) is 16.3. The van der Waals surface area contributed by atoms with Crippen LogP contribution < -0.4 is 14.2 Å². The molecule has 0 aliphatic carbocycles. The maximum Gasteiger partial charge on any atom is 0.161 e. The number of rotatable bonds is 5. The Bertz CT molecular complexity index is 914. The standard InChI is InChI=1S/C20H19N3O3/c1-24-17-11-15(12-21-13-17)20-22-7-6-16(23-20)4-2-14-3-5-18-19(10-14)26-9-8-25-18/h3,5-7,10-13H,2,4,8-9H2,1H3. The van der Waals surface area contributed by atoms with E-state index in [4.69, 9.17) is 14.2 Å². The zero-order chi connectivity index (χ0) is 17.8. The molecule has 0 saturated heterocycles. The zero-order valence-corrected chi connectivity index (χ0v) is 14.5. The van der Waals surface area contributed by atoms with Crippen LogP contribution in [0.2, 0.25) is 0 Å². The minimum Gasteiger partial charge on any atom is -0.495 e. The van der Waals surface area contributed by atoms with Gasteiger partial charge < -0.3 is 14.2 Å². The summed E-state index contributed by atoms with van der Waals surface area (Å²) in [5.41, 5.74) is 3.01. The Balaban J connectivity index is 1.49. The second-order valence-electron chi connectivity index (χ2n) is 5.96. The largest absolute Gasteiger partial charge is 0.495 e. The van der Waals surface area contributed by atoms with Crippen LogP contribution in [-0.2, 0) is 12.8 Å². The van der Waals surface area contributed by atoms with E-state index in [-0.39, 0.29) is 0 Å². The van der Waals surface area contributed by atoms with Crippen molar-refractivity contribution in [3.63, 3.8) is 0 Å². The molecule has 26 heavy (non-hydrogen) atoms. The number of nitrogens with zero attached hydrogens (tertiary/aromatic N) is 3. The molecule has 3 heterocycles. The lowest BCUT2D eigenvalue weighted by molar-refractivity contribution is 0.171. The SMILES string of the molecule is COc1cncc(-c2nccc(CCc3ccc4c(c3)OCCO4)n2)c1. The Kier molecular flexibility index (Phi) is 4.64. The smallest absolute Gasteiger partial charge is 0.161 e. The maximum atomic E-state index is 5.65. The molecular formula is C20H19N3O3. The molecule has 6 nitrogen and oxygen atoms in total. The van der Waals surface area contributed by atoms with Crippen molar-refractivity contribution in [2.75, 3.05) is 20.3 Å². The van der Waals surface area contributed by atoms with Gasteiger partial charge in [0.1, 0.15) is 19.0 Å². The van der Waals surface area contributed by atoms with E-state index in [1.165, 1.54) is 5.56 Å². The van der Waals surface area contributed by atoms with Gasteiger partial charge in [-0.25, -0.2) is 9.97 Å². The number of aromatic nitrogens is 3. The molecule has 0 radical (unpaired) electrons. The van der Waals surface area contributed by atoms with Crippen molar-refractivity contribution in [2.24, 2.45) is 0 Å². The highest BCUT2D eigenvalue weighted by Crippen LogP contribution is 2.31. The van der Waals surface area contributed by atoms with E-state index in [0.717, 1.165) is 35.6 Å². The molecule has 0 saturated carbocycles. The molecular weight excluding hydrogens is 330 g/mol. The predicted octanol–water partition coefficient (Wildman–Crippen LogP) is 3.10. The molecule has 0 atom stereocenters. The first-order valence-electron chi connectivity index (χ1n) is 8.52. The monoisotopic (exact) mass is 349 g/mol. The van der Waals surface area contributed by atoms with E-state index in [9.17, 15) is 0 Å². The summed E-state index contributed by atoms with van der Waals surface area (Å²) in [5, 5.41) is 0. The van der Waals surface area contributed by atoms with E-state index in [2.05, 4.69) is 21.0 Å². The first-order chi connectivity index (χ1) is 12.8. The van der Waals surface area contributed by atoms with Gasteiger partial charge in [0, 0.05) is 23.7 Å². The summed E-state index contributed by atoms with van der Waals surface area (Å²) in [6.45, 7) is 1.20. The van der Waals surface area contributed by atoms with Crippen molar-refractivity contribution >= 4 is 0 Å². The Morgan fingerprint density at radius 3 is 2.77 bits per heavy atom. The maximum absolute atomic E-state index is 5.65. The molecule has 3 aromatic rings. The van der Waals surface area contributed by atoms with Crippen LogP contribution in [0.4, 0.5) is 0 Å². The van der Waals surface area contributed by atoms with Crippen LogP contribution in [0.15, 0.2) is 48.9 Å². The van der Waals surface area contributed by atoms with Crippen LogP contribution in [0.1, 0.15) is 11.3 Å². The third-order valence-electron chi connectivity index (χ3n) is 4.20. The van der Waals surface area contributed by atoms with Gasteiger partial charge in [-0.3, -0.25) is 4.98 Å². The second kappa shape index (κ2) is 7.39. The van der Waals surface area contributed by atoms with Crippen LogP contribution in [0.5, 0.6) is 17.2 Å². The molecule has 0 unspecified atom stereocenters.